The fraction of sp³-hybridized carbons (Fsp3) is 0.0526. The first-order valence-electron chi connectivity index (χ1n) is 7.12. The second kappa shape index (κ2) is 6.22. The second-order valence-electron chi connectivity index (χ2n) is 5.06. The lowest BCUT2D eigenvalue weighted by atomic mass is 9.98. The number of hydrogen-bond donors (Lipinski definition) is 1. The van der Waals surface area contributed by atoms with Crippen LogP contribution in [-0.2, 0) is 0 Å². The first-order valence-corrected chi connectivity index (χ1v) is 7.12. The molecule has 0 spiro atoms. The minimum Gasteiger partial charge on any atom is -0.307 e. The van der Waals surface area contributed by atoms with Crippen molar-refractivity contribution in [2.75, 3.05) is 5.32 Å². The van der Waals surface area contributed by atoms with Gasteiger partial charge in [-0.3, -0.25) is 4.79 Å². The fourth-order valence-corrected chi connectivity index (χ4v) is 2.32. The van der Waals surface area contributed by atoms with Crippen LogP contribution in [0.3, 0.4) is 0 Å². The van der Waals surface area contributed by atoms with Gasteiger partial charge in [0.25, 0.3) is 5.91 Å². The highest BCUT2D eigenvalue weighted by atomic mass is 16.1. The first kappa shape index (κ1) is 14.0. The van der Waals surface area contributed by atoms with Crippen LogP contribution in [0.5, 0.6) is 0 Å². The third-order valence-electron chi connectivity index (χ3n) is 3.49. The van der Waals surface area contributed by atoms with Gasteiger partial charge in [0.05, 0.1) is 0 Å². The molecular weight excluding hydrogens is 272 g/mol. The van der Waals surface area contributed by atoms with Crippen molar-refractivity contribution in [1.29, 1.82) is 0 Å². The number of carbonyl (C=O) groups is 1. The van der Waals surface area contributed by atoms with Crippen LogP contribution in [0, 0.1) is 6.92 Å². The van der Waals surface area contributed by atoms with E-state index in [1.807, 2.05) is 67.6 Å². The van der Waals surface area contributed by atoms with E-state index >= 15 is 0 Å². The van der Waals surface area contributed by atoms with Gasteiger partial charge in [0.1, 0.15) is 5.82 Å². The summed E-state index contributed by atoms with van der Waals surface area (Å²) in [5.41, 5.74) is 3.93. The predicted molar refractivity (Wildman–Crippen MR) is 88.8 cm³/mol. The molecule has 0 fully saturated rings. The van der Waals surface area contributed by atoms with Crippen molar-refractivity contribution in [2.24, 2.45) is 0 Å². The van der Waals surface area contributed by atoms with Gasteiger partial charge in [0.2, 0.25) is 0 Å². The van der Waals surface area contributed by atoms with Gasteiger partial charge in [-0.1, -0.05) is 42.5 Å². The molecule has 3 heteroatoms. The molecule has 0 saturated heterocycles. The monoisotopic (exact) mass is 288 g/mol. The molecule has 0 bridgehead atoms. The lowest BCUT2D eigenvalue weighted by Crippen LogP contribution is -2.13. The molecule has 0 atom stereocenters. The Labute approximate surface area is 129 Å². The maximum absolute atomic E-state index is 12.4. The van der Waals surface area contributed by atoms with E-state index in [2.05, 4.69) is 10.3 Å². The number of aryl methyl sites for hydroxylation is 1. The van der Waals surface area contributed by atoms with E-state index in [-0.39, 0.29) is 5.91 Å². The number of nitrogens with one attached hydrogen (secondary N) is 1. The molecule has 0 radical (unpaired) electrons. The molecule has 0 aliphatic rings. The molecule has 1 amide bonds. The van der Waals surface area contributed by atoms with E-state index in [0.717, 1.165) is 16.7 Å². The number of anilines is 1. The van der Waals surface area contributed by atoms with Gasteiger partial charge in [-0.05, 0) is 47.9 Å². The summed E-state index contributed by atoms with van der Waals surface area (Å²) in [7, 11) is 0. The van der Waals surface area contributed by atoms with Crippen LogP contribution in [0.4, 0.5) is 5.82 Å². The predicted octanol–water partition coefficient (Wildman–Crippen LogP) is 4.31. The highest BCUT2D eigenvalue weighted by molar-refractivity contribution is 6.04. The average Bonchev–Trinajstić information content (AvgIpc) is 2.57. The lowest BCUT2D eigenvalue weighted by molar-refractivity contribution is 0.102. The topological polar surface area (TPSA) is 42.0 Å². The largest absolute Gasteiger partial charge is 0.307 e. The van der Waals surface area contributed by atoms with Crippen LogP contribution < -0.4 is 5.32 Å². The Bertz CT molecular complexity index is 783. The molecule has 108 valence electrons. The maximum atomic E-state index is 12.4. The van der Waals surface area contributed by atoms with E-state index < -0.39 is 0 Å². The third kappa shape index (κ3) is 3.04. The maximum Gasteiger partial charge on any atom is 0.256 e. The van der Waals surface area contributed by atoms with Crippen LogP contribution in [0.25, 0.3) is 11.1 Å². The van der Waals surface area contributed by atoms with Gasteiger partial charge < -0.3 is 5.32 Å². The van der Waals surface area contributed by atoms with E-state index in [4.69, 9.17) is 0 Å². The van der Waals surface area contributed by atoms with Gasteiger partial charge in [0, 0.05) is 11.8 Å². The minimum absolute atomic E-state index is 0.157. The van der Waals surface area contributed by atoms with Gasteiger partial charge in [-0.15, -0.1) is 0 Å². The molecule has 3 nitrogen and oxygen atoms in total. The normalized spacial score (nSPS) is 10.2. The Hall–Kier alpha value is -2.94. The quantitative estimate of drug-likeness (QED) is 0.780. The zero-order chi connectivity index (χ0) is 15.4. The number of rotatable bonds is 3. The molecular formula is C19H16N2O. The average molecular weight is 288 g/mol. The molecule has 0 unspecified atom stereocenters. The Morgan fingerprint density at radius 1 is 0.955 bits per heavy atom. The molecule has 1 N–H and O–H groups in total. The molecule has 3 aromatic rings. The number of hydrogen-bond acceptors (Lipinski definition) is 2. The molecule has 0 saturated carbocycles. The SMILES string of the molecule is Cc1ccc(C(=O)Nc2ccccn2)cc1-c1ccccc1. The Kier molecular flexibility index (Phi) is 3.97. The van der Waals surface area contributed by atoms with E-state index in [0.29, 0.717) is 11.4 Å². The molecule has 0 aliphatic heterocycles. The van der Waals surface area contributed by atoms with Crippen molar-refractivity contribution in [3.05, 3.63) is 84.1 Å². The van der Waals surface area contributed by atoms with Crippen molar-refractivity contribution in [3.63, 3.8) is 0 Å². The van der Waals surface area contributed by atoms with Crippen LogP contribution in [-0.4, -0.2) is 10.9 Å². The summed E-state index contributed by atoms with van der Waals surface area (Å²) in [6, 6.07) is 21.2. The van der Waals surface area contributed by atoms with Crippen LogP contribution >= 0.6 is 0 Å². The molecule has 2 aromatic carbocycles. The second-order valence-corrected chi connectivity index (χ2v) is 5.06. The Balaban J connectivity index is 1.91. The fourth-order valence-electron chi connectivity index (χ4n) is 2.32. The highest BCUT2D eigenvalue weighted by Crippen LogP contribution is 2.24. The van der Waals surface area contributed by atoms with Gasteiger partial charge in [-0.25, -0.2) is 4.98 Å². The zero-order valence-electron chi connectivity index (χ0n) is 12.3. The molecule has 0 aliphatic carbocycles. The third-order valence-corrected chi connectivity index (χ3v) is 3.49. The van der Waals surface area contributed by atoms with E-state index in [1.165, 1.54) is 0 Å². The van der Waals surface area contributed by atoms with Crippen molar-refractivity contribution in [2.45, 2.75) is 6.92 Å². The summed E-state index contributed by atoms with van der Waals surface area (Å²) in [5.74, 6) is 0.394. The number of nitrogens with zero attached hydrogens (tertiary/aromatic N) is 1. The minimum atomic E-state index is -0.157. The van der Waals surface area contributed by atoms with Crippen LogP contribution in [0.2, 0.25) is 0 Å². The molecule has 22 heavy (non-hydrogen) atoms. The summed E-state index contributed by atoms with van der Waals surface area (Å²) in [6.45, 7) is 2.04. The van der Waals surface area contributed by atoms with Crippen molar-refractivity contribution in [1.82, 2.24) is 4.98 Å². The summed E-state index contributed by atoms with van der Waals surface area (Å²) >= 11 is 0. The Morgan fingerprint density at radius 2 is 1.73 bits per heavy atom. The number of carbonyl (C=O) groups excluding carboxylic acids is 1. The summed E-state index contributed by atoms with van der Waals surface area (Å²) < 4.78 is 0. The van der Waals surface area contributed by atoms with Crippen molar-refractivity contribution < 1.29 is 4.79 Å². The molecule has 3 rings (SSSR count). The Morgan fingerprint density at radius 3 is 2.45 bits per heavy atom. The summed E-state index contributed by atoms with van der Waals surface area (Å²) in [6.07, 6.45) is 1.65. The molecule has 1 aromatic heterocycles. The van der Waals surface area contributed by atoms with Gasteiger partial charge in [0.15, 0.2) is 0 Å². The van der Waals surface area contributed by atoms with E-state index in [1.54, 1.807) is 12.3 Å². The molecule has 1 heterocycles. The van der Waals surface area contributed by atoms with E-state index in [9.17, 15) is 4.79 Å². The highest BCUT2D eigenvalue weighted by Gasteiger charge is 2.10. The zero-order valence-corrected chi connectivity index (χ0v) is 12.3. The van der Waals surface area contributed by atoms with Crippen LogP contribution in [0.1, 0.15) is 15.9 Å². The van der Waals surface area contributed by atoms with Crippen molar-refractivity contribution >= 4 is 11.7 Å². The summed E-state index contributed by atoms with van der Waals surface area (Å²) in [4.78, 5) is 16.5. The first-order chi connectivity index (χ1) is 10.7. The summed E-state index contributed by atoms with van der Waals surface area (Å²) in [5, 5.41) is 2.81. The lowest BCUT2D eigenvalue weighted by Gasteiger charge is -2.09. The van der Waals surface area contributed by atoms with Crippen LogP contribution in [0.15, 0.2) is 72.9 Å². The van der Waals surface area contributed by atoms with Crippen molar-refractivity contribution in [3.8, 4) is 11.1 Å². The smallest absolute Gasteiger partial charge is 0.256 e. The van der Waals surface area contributed by atoms with Gasteiger partial charge >= 0.3 is 0 Å². The number of amides is 1. The number of pyridine rings is 1. The number of benzene rings is 2. The standard InChI is InChI=1S/C19H16N2O/c1-14-10-11-16(13-17(14)15-7-3-2-4-8-15)19(22)21-18-9-5-6-12-20-18/h2-13H,1H3,(H,20,21,22). The van der Waals surface area contributed by atoms with Gasteiger partial charge in [-0.2, -0.15) is 0 Å². The number of aromatic nitrogens is 1.